The molecule has 0 radical (unpaired) electrons. The van der Waals surface area contributed by atoms with Gasteiger partial charge in [-0.15, -0.1) is 0 Å². The Kier molecular flexibility index (Phi) is 13.3. The van der Waals surface area contributed by atoms with Crippen molar-refractivity contribution in [2.75, 3.05) is 36.2 Å². The van der Waals surface area contributed by atoms with Gasteiger partial charge in [-0.05, 0) is 88.4 Å². The lowest BCUT2D eigenvalue weighted by molar-refractivity contribution is -0.141. The van der Waals surface area contributed by atoms with Gasteiger partial charge in [-0.1, -0.05) is 20.8 Å². The van der Waals surface area contributed by atoms with Gasteiger partial charge >= 0.3 is 6.18 Å². The SMILES string of the molecule is CC1CCCN1C(=O)C(NC(=O)COCCCCOc1ccc(-c2ncc(N3C(=S)N(c4ccc(C#N)c(C(F)(F)F)c4F)C(=O)C3(C)C)cc2F)c(F)c1)C(C)(C)C. The van der Waals surface area contributed by atoms with Gasteiger partial charge in [0.05, 0.1) is 35.8 Å². The highest BCUT2D eigenvalue weighted by atomic mass is 32.1. The van der Waals surface area contributed by atoms with Crippen molar-refractivity contribution >= 4 is 46.4 Å². The van der Waals surface area contributed by atoms with Crippen molar-refractivity contribution in [3.63, 3.8) is 0 Å². The van der Waals surface area contributed by atoms with Crippen LogP contribution < -0.4 is 19.9 Å². The van der Waals surface area contributed by atoms with Crippen LogP contribution in [-0.4, -0.2) is 76.7 Å². The third kappa shape index (κ3) is 9.46. The maximum absolute atomic E-state index is 15.6. The van der Waals surface area contributed by atoms with Crippen molar-refractivity contribution in [2.24, 2.45) is 5.41 Å². The third-order valence-corrected chi connectivity index (χ3v) is 10.5. The topological polar surface area (TPSA) is 128 Å². The summed E-state index contributed by atoms with van der Waals surface area (Å²) in [6.07, 6.45) is -1.31. The Hall–Kier alpha value is -5.28. The zero-order valence-corrected chi connectivity index (χ0v) is 34.1. The fraction of sp³-hybridized carbons (Fsp3) is 0.463. The molecule has 2 aliphatic heterocycles. The molecule has 2 unspecified atom stereocenters. The molecule has 3 heterocycles. The van der Waals surface area contributed by atoms with Gasteiger partial charge in [0.25, 0.3) is 5.91 Å². The van der Waals surface area contributed by atoms with E-state index in [0.717, 1.165) is 48.2 Å². The van der Waals surface area contributed by atoms with Crippen LogP contribution in [0.15, 0.2) is 42.6 Å². The van der Waals surface area contributed by atoms with Gasteiger partial charge < -0.3 is 24.6 Å². The number of thiocarbonyl (C=S) groups is 1. The predicted octanol–water partition coefficient (Wildman–Crippen LogP) is 7.69. The Balaban J connectivity index is 1.16. The van der Waals surface area contributed by atoms with E-state index >= 15 is 13.2 Å². The van der Waals surface area contributed by atoms with Crippen LogP contribution in [0.3, 0.4) is 0 Å². The third-order valence-electron chi connectivity index (χ3n) is 10.2. The van der Waals surface area contributed by atoms with Gasteiger partial charge in [-0.25, -0.2) is 13.2 Å². The van der Waals surface area contributed by atoms with Crippen LogP contribution >= 0.6 is 12.2 Å². The number of anilines is 2. The van der Waals surface area contributed by atoms with Crippen molar-refractivity contribution in [3.05, 3.63) is 71.2 Å². The number of benzene rings is 2. The number of alkyl halides is 3. The summed E-state index contributed by atoms with van der Waals surface area (Å²) in [7, 11) is 0. The molecule has 3 aromatic rings. The smallest absolute Gasteiger partial charge is 0.420 e. The quantitative estimate of drug-likeness (QED) is 0.105. The second kappa shape index (κ2) is 17.5. The number of nitrogens with zero attached hydrogens (tertiary/aromatic N) is 5. The zero-order chi connectivity index (χ0) is 43.6. The molecule has 59 heavy (non-hydrogen) atoms. The first-order valence-corrected chi connectivity index (χ1v) is 19.2. The summed E-state index contributed by atoms with van der Waals surface area (Å²) in [5, 5.41) is 11.5. The molecule has 0 aliphatic carbocycles. The summed E-state index contributed by atoms with van der Waals surface area (Å²) in [4.78, 5) is 46.8. The molecule has 1 N–H and O–H groups in total. The van der Waals surface area contributed by atoms with Crippen molar-refractivity contribution in [1.82, 2.24) is 15.2 Å². The second-order valence-corrected chi connectivity index (χ2v) is 16.3. The van der Waals surface area contributed by atoms with E-state index in [9.17, 15) is 27.6 Å². The van der Waals surface area contributed by atoms with Gasteiger partial charge in [0.15, 0.2) is 16.7 Å². The molecular weight excluding hydrogens is 803 g/mol. The highest BCUT2D eigenvalue weighted by Gasteiger charge is 2.52. The summed E-state index contributed by atoms with van der Waals surface area (Å²) in [5.74, 6) is -5.06. The molecule has 1 aromatic heterocycles. The minimum absolute atomic E-state index is 0.102. The Morgan fingerprint density at radius 1 is 1.07 bits per heavy atom. The number of hydrogen-bond acceptors (Lipinski definition) is 8. The summed E-state index contributed by atoms with van der Waals surface area (Å²) < 4.78 is 98.6. The molecule has 2 saturated heterocycles. The zero-order valence-electron chi connectivity index (χ0n) is 33.3. The van der Waals surface area contributed by atoms with Crippen LogP contribution in [0.2, 0.25) is 0 Å². The van der Waals surface area contributed by atoms with Crippen molar-refractivity contribution in [2.45, 2.75) is 91.0 Å². The molecule has 2 fully saturated rings. The van der Waals surface area contributed by atoms with Crippen LogP contribution in [-0.2, 0) is 25.3 Å². The van der Waals surface area contributed by atoms with Gasteiger partial charge in [0.1, 0.15) is 41.0 Å². The van der Waals surface area contributed by atoms with Gasteiger partial charge in [-0.2, -0.15) is 18.4 Å². The van der Waals surface area contributed by atoms with E-state index in [2.05, 4.69) is 10.3 Å². The van der Waals surface area contributed by atoms with Crippen molar-refractivity contribution < 1.29 is 50.2 Å². The first-order chi connectivity index (χ1) is 27.6. The molecule has 2 atom stereocenters. The maximum Gasteiger partial charge on any atom is 0.420 e. The van der Waals surface area contributed by atoms with Crippen LogP contribution in [0, 0.1) is 34.2 Å². The molecule has 0 saturated carbocycles. The van der Waals surface area contributed by atoms with Gasteiger partial charge in [-0.3, -0.25) is 24.3 Å². The first kappa shape index (κ1) is 44.8. The molecule has 2 aromatic carbocycles. The van der Waals surface area contributed by atoms with E-state index < -0.39 is 80.1 Å². The molecule has 11 nitrogen and oxygen atoms in total. The van der Waals surface area contributed by atoms with E-state index in [1.165, 1.54) is 32.0 Å². The fourth-order valence-electron chi connectivity index (χ4n) is 7.01. The number of ether oxygens (including phenoxy) is 2. The fourth-order valence-corrected chi connectivity index (χ4v) is 7.53. The lowest BCUT2D eigenvalue weighted by atomic mass is 9.85. The minimum atomic E-state index is -5.27. The number of amides is 3. The van der Waals surface area contributed by atoms with E-state index in [1.54, 1.807) is 0 Å². The number of carbonyl (C=O) groups is 3. The van der Waals surface area contributed by atoms with Crippen LogP contribution in [0.4, 0.5) is 37.7 Å². The number of pyridine rings is 1. The number of carbonyl (C=O) groups excluding carboxylic acids is 3. The Labute approximate surface area is 343 Å². The Morgan fingerprint density at radius 3 is 2.36 bits per heavy atom. The lowest BCUT2D eigenvalue weighted by Gasteiger charge is -2.35. The minimum Gasteiger partial charge on any atom is -0.493 e. The maximum atomic E-state index is 15.6. The lowest BCUT2D eigenvalue weighted by Crippen LogP contribution is -2.56. The molecule has 5 rings (SSSR count). The normalized spacial score (nSPS) is 17.3. The van der Waals surface area contributed by atoms with Crippen LogP contribution in [0.1, 0.15) is 78.4 Å². The Bertz CT molecular complexity index is 2170. The van der Waals surface area contributed by atoms with E-state index in [1.807, 2.05) is 32.6 Å². The molecule has 2 aliphatic rings. The predicted molar refractivity (Wildman–Crippen MR) is 210 cm³/mol. The summed E-state index contributed by atoms with van der Waals surface area (Å²) >= 11 is 5.40. The van der Waals surface area contributed by atoms with Gasteiger partial charge in [0, 0.05) is 36.9 Å². The van der Waals surface area contributed by atoms with Crippen molar-refractivity contribution in [1.29, 1.82) is 5.26 Å². The second-order valence-electron chi connectivity index (χ2n) is 15.9. The highest BCUT2D eigenvalue weighted by molar-refractivity contribution is 7.81. The number of rotatable bonds is 13. The molecule has 18 heteroatoms. The van der Waals surface area contributed by atoms with E-state index in [4.69, 9.17) is 27.0 Å². The molecule has 0 spiro atoms. The van der Waals surface area contributed by atoms with Gasteiger partial charge in [0.2, 0.25) is 11.8 Å². The Morgan fingerprint density at radius 2 is 1.76 bits per heavy atom. The molecule has 316 valence electrons. The average molecular weight is 847 g/mol. The standard InChI is InChI=1S/C41H44F6N6O5S/c1-23-10-9-15-51(23)36(55)35(39(2,3)4)50-31(54)22-57-16-7-8-17-58-26-12-13-27(28(42)19-26)34-29(43)18-25(21-49-34)53-38(59)52(37(56)40(53,5)6)30-14-11-24(20-48)32(33(30)44)41(45,46)47/h11-14,18-19,21,23,35H,7-10,15-17,22H2,1-6H3,(H,50,54). The summed E-state index contributed by atoms with van der Waals surface area (Å²) in [5.41, 5.74) is -6.62. The highest BCUT2D eigenvalue weighted by Crippen LogP contribution is 2.42. The van der Waals surface area contributed by atoms with E-state index in [-0.39, 0.29) is 48.8 Å². The number of unbranched alkanes of at least 4 members (excludes halogenated alkanes) is 1. The van der Waals surface area contributed by atoms with Crippen molar-refractivity contribution in [3.8, 4) is 23.1 Å². The average Bonchev–Trinajstić information content (AvgIpc) is 3.65. The number of aromatic nitrogens is 1. The number of nitriles is 1. The number of nitrogens with one attached hydrogen (secondary N) is 1. The first-order valence-electron chi connectivity index (χ1n) is 18.8. The van der Waals surface area contributed by atoms with Crippen LogP contribution in [0.25, 0.3) is 11.3 Å². The van der Waals surface area contributed by atoms with E-state index in [0.29, 0.717) is 24.3 Å². The summed E-state index contributed by atoms with van der Waals surface area (Å²) in [6, 6.07) is 6.92. The monoisotopic (exact) mass is 846 g/mol. The number of halogens is 6. The number of likely N-dealkylation sites (tertiary alicyclic amines) is 1. The van der Waals surface area contributed by atoms with Crippen LogP contribution in [0.5, 0.6) is 5.75 Å². The molecule has 3 amide bonds. The molecule has 0 bridgehead atoms. The molecular formula is C41H44F6N6O5S. The number of hydrogen-bond donors (Lipinski definition) is 1. The summed E-state index contributed by atoms with van der Waals surface area (Å²) in [6.45, 7) is 11.2. The largest absolute Gasteiger partial charge is 0.493 e.